The zero-order chi connectivity index (χ0) is 19.1. The minimum absolute atomic E-state index is 0.189. The van der Waals surface area contributed by atoms with Crippen LogP contribution in [0.15, 0.2) is 48.5 Å². The molecule has 0 amide bonds. The first-order valence-electron chi connectivity index (χ1n) is 9.93. The maximum absolute atomic E-state index is 13.1. The lowest BCUT2D eigenvalue weighted by Crippen LogP contribution is -2.32. The van der Waals surface area contributed by atoms with Crippen molar-refractivity contribution in [3.05, 3.63) is 59.9 Å². The fraction of sp³-hybridized carbons (Fsp3) is 0.500. The van der Waals surface area contributed by atoms with Gasteiger partial charge in [-0.3, -0.25) is 0 Å². The Morgan fingerprint density at radius 1 is 0.731 bits per heavy atom. The van der Waals surface area contributed by atoms with Crippen LogP contribution < -0.4 is 0 Å². The van der Waals surface area contributed by atoms with E-state index in [1.165, 1.54) is 37.2 Å². The Morgan fingerprint density at radius 2 is 1.19 bits per heavy atom. The standard InChI is InChI=1S/C24H34FN/c1-18(2)16-26(17-19(3)4)15-14-20(5)21-6-8-22(9-7-21)23-10-12-24(25)13-11-23/h6-13,18-20H,14-17H2,1-5H3. The summed E-state index contributed by atoms with van der Waals surface area (Å²) in [6.07, 6.45) is 1.18. The van der Waals surface area contributed by atoms with Crippen LogP contribution in [0.5, 0.6) is 0 Å². The maximum Gasteiger partial charge on any atom is 0.123 e. The van der Waals surface area contributed by atoms with Crippen LogP contribution >= 0.6 is 0 Å². The summed E-state index contributed by atoms with van der Waals surface area (Å²) in [5, 5.41) is 0. The van der Waals surface area contributed by atoms with E-state index in [-0.39, 0.29) is 5.82 Å². The first kappa shape index (κ1) is 20.6. The molecule has 0 saturated carbocycles. The van der Waals surface area contributed by atoms with Crippen LogP contribution in [-0.2, 0) is 0 Å². The fourth-order valence-electron chi connectivity index (χ4n) is 3.48. The molecule has 1 atom stereocenters. The van der Waals surface area contributed by atoms with E-state index in [1.54, 1.807) is 0 Å². The lowest BCUT2D eigenvalue weighted by Gasteiger charge is -2.27. The number of hydrogen-bond donors (Lipinski definition) is 0. The van der Waals surface area contributed by atoms with Gasteiger partial charge in [0.05, 0.1) is 0 Å². The highest BCUT2D eigenvalue weighted by atomic mass is 19.1. The summed E-state index contributed by atoms with van der Waals surface area (Å²) in [6.45, 7) is 15.0. The van der Waals surface area contributed by atoms with Crippen molar-refractivity contribution in [1.29, 1.82) is 0 Å². The van der Waals surface area contributed by atoms with E-state index < -0.39 is 0 Å². The molecule has 0 fully saturated rings. The van der Waals surface area contributed by atoms with Crippen molar-refractivity contribution in [2.45, 2.75) is 47.0 Å². The molecule has 2 aromatic carbocycles. The second-order valence-electron chi connectivity index (χ2n) is 8.37. The van der Waals surface area contributed by atoms with E-state index in [9.17, 15) is 4.39 Å². The van der Waals surface area contributed by atoms with Crippen LogP contribution in [0, 0.1) is 17.7 Å². The van der Waals surface area contributed by atoms with E-state index in [2.05, 4.69) is 63.8 Å². The van der Waals surface area contributed by atoms with Crippen molar-refractivity contribution in [3.63, 3.8) is 0 Å². The van der Waals surface area contributed by atoms with Gasteiger partial charge in [-0.05, 0) is 59.5 Å². The number of hydrogen-bond acceptors (Lipinski definition) is 1. The van der Waals surface area contributed by atoms with Gasteiger partial charge in [0.25, 0.3) is 0 Å². The molecule has 1 unspecified atom stereocenters. The third kappa shape index (κ3) is 6.57. The molecule has 0 aliphatic carbocycles. The Morgan fingerprint density at radius 3 is 1.65 bits per heavy atom. The van der Waals surface area contributed by atoms with E-state index in [1.807, 2.05) is 12.1 Å². The molecule has 2 rings (SSSR count). The molecule has 2 aromatic rings. The predicted molar refractivity (Wildman–Crippen MR) is 111 cm³/mol. The Kier molecular flexibility index (Phi) is 7.84. The molecule has 0 spiro atoms. The van der Waals surface area contributed by atoms with E-state index in [4.69, 9.17) is 0 Å². The average molecular weight is 356 g/mol. The third-order valence-electron chi connectivity index (χ3n) is 4.78. The summed E-state index contributed by atoms with van der Waals surface area (Å²) >= 11 is 0. The minimum Gasteiger partial charge on any atom is -0.303 e. The summed E-state index contributed by atoms with van der Waals surface area (Å²) in [5.74, 6) is 1.77. The van der Waals surface area contributed by atoms with E-state index in [0.29, 0.717) is 17.8 Å². The Balaban J connectivity index is 1.96. The molecule has 26 heavy (non-hydrogen) atoms. The van der Waals surface area contributed by atoms with Gasteiger partial charge in [-0.1, -0.05) is 71.0 Å². The number of nitrogens with zero attached hydrogens (tertiary/aromatic N) is 1. The first-order valence-corrected chi connectivity index (χ1v) is 9.93. The smallest absolute Gasteiger partial charge is 0.123 e. The van der Waals surface area contributed by atoms with Gasteiger partial charge in [-0.2, -0.15) is 0 Å². The number of benzene rings is 2. The number of halogens is 1. The molecular weight excluding hydrogens is 321 g/mol. The van der Waals surface area contributed by atoms with Crippen LogP contribution in [0.2, 0.25) is 0 Å². The Labute approximate surface area is 159 Å². The Bertz CT molecular complexity index is 633. The molecule has 0 heterocycles. The second kappa shape index (κ2) is 9.87. The quantitative estimate of drug-likeness (QED) is 0.490. The van der Waals surface area contributed by atoms with Gasteiger partial charge < -0.3 is 4.90 Å². The summed E-state index contributed by atoms with van der Waals surface area (Å²) in [7, 11) is 0. The molecule has 0 aliphatic rings. The molecule has 0 N–H and O–H groups in total. The van der Waals surface area contributed by atoms with Crippen molar-refractivity contribution in [2.75, 3.05) is 19.6 Å². The summed E-state index contributed by atoms with van der Waals surface area (Å²) in [4.78, 5) is 2.61. The van der Waals surface area contributed by atoms with Gasteiger partial charge in [0, 0.05) is 13.1 Å². The van der Waals surface area contributed by atoms with Gasteiger partial charge in [-0.15, -0.1) is 0 Å². The van der Waals surface area contributed by atoms with Gasteiger partial charge in [-0.25, -0.2) is 4.39 Å². The first-order chi connectivity index (χ1) is 12.3. The highest BCUT2D eigenvalue weighted by molar-refractivity contribution is 5.63. The summed E-state index contributed by atoms with van der Waals surface area (Å²) in [5.41, 5.74) is 3.58. The minimum atomic E-state index is -0.189. The predicted octanol–water partition coefficient (Wildman–Crippen LogP) is 6.60. The fourth-order valence-corrected chi connectivity index (χ4v) is 3.48. The van der Waals surface area contributed by atoms with Crippen LogP contribution in [0.4, 0.5) is 4.39 Å². The van der Waals surface area contributed by atoms with Gasteiger partial charge in [0.1, 0.15) is 5.82 Å². The summed E-state index contributed by atoms with van der Waals surface area (Å²) in [6, 6.07) is 15.5. The largest absolute Gasteiger partial charge is 0.303 e. The van der Waals surface area contributed by atoms with Gasteiger partial charge in [0.2, 0.25) is 0 Å². The monoisotopic (exact) mass is 355 g/mol. The van der Waals surface area contributed by atoms with E-state index in [0.717, 1.165) is 17.7 Å². The molecule has 1 nitrogen and oxygen atoms in total. The lowest BCUT2D eigenvalue weighted by atomic mass is 9.95. The maximum atomic E-state index is 13.1. The van der Waals surface area contributed by atoms with Crippen LogP contribution in [-0.4, -0.2) is 24.5 Å². The molecule has 0 aliphatic heterocycles. The van der Waals surface area contributed by atoms with Crippen molar-refractivity contribution < 1.29 is 4.39 Å². The SMILES string of the molecule is CC(C)CN(CCC(C)c1ccc(-c2ccc(F)cc2)cc1)CC(C)C. The van der Waals surface area contributed by atoms with Gasteiger partial charge in [0.15, 0.2) is 0 Å². The van der Waals surface area contributed by atoms with Crippen molar-refractivity contribution in [3.8, 4) is 11.1 Å². The lowest BCUT2D eigenvalue weighted by molar-refractivity contribution is 0.213. The van der Waals surface area contributed by atoms with Crippen LogP contribution in [0.25, 0.3) is 11.1 Å². The van der Waals surface area contributed by atoms with Crippen molar-refractivity contribution in [1.82, 2.24) is 4.90 Å². The highest BCUT2D eigenvalue weighted by Gasteiger charge is 2.12. The molecule has 0 saturated heterocycles. The zero-order valence-electron chi connectivity index (χ0n) is 17.0. The molecule has 0 bridgehead atoms. The van der Waals surface area contributed by atoms with Crippen LogP contribution in [0.1, 0.15) is 52.5 Å². The average Bonchev–Trinajstić information content (AvgIpc) is 2.59. The third-order valence-corrected chi connectivity index (χ3v) is 4.78. The molecular formula is C24H34FN. The Hall–Kier alpha value is -1.67. The summed E-state index contributed by atoms with van der Waals surface area (Å²) < 4.78 is 13.1. The molecule has 0 aromatic heterocycles. The second-order valence-corrected chi connectivity index (χ2v) is 8.37. The molecule has 142 valence electrons. The molecule has 2 heteroatoms. The molecule has 0 radical (unpaired) electrons. The van der Waals surface area contributed by atoms with Crippen LogP contribution in [0.3, 0.4) is 0 Å². The topological polar surface area (TPSA) is 3.24 Å². The van der Waals surface area contributed by atoms with Crippen molar-refractivity contribution in [2.24, 2.45) is 11.8 Å². The number of rotatable bonds is 9. The normalized spacial score (nSPS) is 13.0. The van der Waals surface area contributed by atoms with Crippen molar-refractivity contribution >= 4 is 0 Å². The highest BCUT2D eigenvalue weighted by Crippen LogP contribution is 2.25. The van der Waals surface area contributed by atoms with E-state index >= 15 is 0 Å². The zero-order valence-corrected chi connectivity index (χ0v) is 17.0. The van der Waals surface area contributed by atoms with Gasteiger partial charge >= 0.3 is 0 Å².